The minimum atomic E-state index is -0.839. The highest BCUT2D eigenvalue weighted by Crippen LogP contribution is 2.36. The molecule has 0 bridgehead atoms. The Morgan fingerprint density at radius 1 is 1.33 bits per heavy atom. The number of nitrogen functional groups attached to an aromatic ring is 1. The maximum absolute atomic E-state index is 12.4. The Labute approximate surface area is 163 Å². The van der Waals surface area contributed by atoms with Crippen LogP contribution in [-0.2, 0) is 16.1 Å². The lowest BCUT2D eigenvalue weighted by molar-refractivity contribution is -0.689. The summed E-state index contributed by atoms with van der Waals surface area (Å²) < 4.78 is 2.04. The van der Waals surface area contributed by atoms with Gasteiger partial charge < -0.3 is 16.0 Å². The highest BCUT2D eigenvalue weighted by molar-refractivity contribution is 8.00. The lowest BCUT2D eigenvalue weighted by Crippen LogP contribution is -2.69. The van der Waals surface area contributed by atoms with Crippen LogP contribution in [0.4, 0.5) is 5.13 Å². The van der Waals surface area contributed by atoms with Gasteiger partial charge in [-0.3, -0.25) is 14.4 Å². The fourth-order valence-corrected chi connectivity index (χ4v) is 4.73. The number of carbonyl (C=O) groups excluding carboxylic acids is 3. The summed E-state index contributed by atoms with van der Waals surface area (Å²) in [6.07, 6.45) is 5.78. The number of anilines is 1. The summed E-state index contributed by atoms with van der Waals surface area (Å²) in [5, 5.41) is 3.98. The number of Topliss-reactive ketones (excluding diaryl/α,β-unsaturated/α-hetero) is 1. The molecular formula is C17H16N5O3S2+. The largest absolute Gasteiger partial charge is 0.375 e. The zero-order valence-corrected chi connectivity index (χ0v) is 15.7. The van der Waals surface area contributed by atoms with Gasteiger partial charge in [0, 0.05) is 35.0 Å². The molecule has 0 radical (unpaired) electrons. The van der Waals surface area contributed by atoms with Crippen LogP contribution in [0.2, 0.25) is 0 Å². The van der Waals surface area contributed by atoms with Crippen molar-refractivity contribution >= 4 is 45.8 Å². The van der Waals surface area contributed by atoms with E-state index in [-0.39, 0.29) is 22.1 Å². The highest BCUT2D eigenvalue weighted by atomic mass is 32.2. The van der Waals surface area contributed by atoms with E-state index >= 15 is 0 Å². The lowest BCUT2D eigenvalue weighted by Gasteiger charge is -2.47. The number of ketones is 1. The quantitative estimate of drug-likeness (QED) is 0.320. The Morgan fingerprint density at radius 3 is 2.81 bits per heavy atom. The van der Waals surface area contributed by atoms with Gasteiger partial charge in [-0.2, -0.15) is 0 Å². The number of pyridine rings is 1. The highest BCUT2D eigenvalue weighted by Gasteiger charge is 2.50. The van der Waals surface area contributed by atoms with Crippen LogP contribution >= 0.6 is 23.1 Å². The number of thiazole rings is 1. The molecule has 0 saturated carbocycles. The third-order valence-corrected chi connectivity index (χ3v) is 6.30. The van der Waals surface area contributed by atoms with E-state index in [4.69, 9.17) is 5.73 Å². The molecule has 1 unspecified atom stereocenters. The molecular weight excluding hydrogens is 386 g/mol. The van der Waals surface area contributed by atoms with Crippen molar-refractivity contribution in [3.8, 4) is 0 Å². The molecule has 1 fully saturated rings. The second-order valence-electron chi connectivity index (χ2n) is 6.13. The van der Waals surface area contributed by atoms with Crippen molar-refractivity contribution in [1.29, 1.82) is 0 Å². The third-order valence-electron chi connectivity index (χ3n) is 4.25. The van der Waals surface area contributed by atoms with Gasteiger partial charge in [-0.1, -0.05) is 6.07 Å². The van der Waals surface area contributed by atoms with Gasteiger partial charge in [-0.25, -0.2) is 9.55 Å². The van der Waals surface area contributed by atoms with Crippen molar-refractivity contribution < 1.29 is 19.0 Å². The second-order valence-corrected chi connectivity index (χ2v) is 8.13. The first-order chi connectivity index (χ1) is 13.0. The smallest absolute Gasteiger partial charge is 0.294 e. The first-order valence-corrected chi connectivity index (χ1v) is 10.1. The van der Waals surface area contributed by atoms with Crippen molar-refractivity contribution in [3.63, 3.8) is 0 Å². The zero-order chi connectivity index (χ0) is 19.0. The van der Waals surface area contributed by atoms with Gasteiger partial charge >= 0.3 is 0 Å². The Bertz CT molecular complexity index is 943. The number of hydrogen-bond acceptors (Lipinski definition) is 7. The Hall–Kier alpha value is -2.72. The Morgan fingerprint density at radius 2 is 2.11 bits per heavy atom. The van der Waals surface area contributed by atoms with E-state index in [1.807, 2.05) is 41.4 Å². The van der Waals surface area contributed by atoms with E-state index in [0.29, 0.717) is 6.54 Å². The molecule has 27 heavy (non-hydrogen) atoms. The second kappa shape index (κ2) is 7.12. The Balaban J connectivity index is 1.39. The number of carbonyl (C=O) groups is 3. The van der Waals surface area contributed by atoms with Crippen LogP contribution in [0, 0.1) is 0 Å². The molecule has 4 heterocycles. The van der Waals surface area contributed by atoms with Gasteiger partial charge in [0.25, 0.3) is 17.6 Å². The summed E-state index contributed by atoms with van der Waals surface area (Å²) in [6, 6.07) is 5.15. The van der Waals surface area contributed by atoms with E-state index in [1.165, 1.54) is 5.38 Å². The molecule has 1 saturated heterocycles. The van der Waals surface area contributed by atoms with Crippen molar-refractivity contribution in [1.82, 2.24) is 15.2 Å². The number of aromatic nitrogens is 2. The number of β-lactam (4-membered cyclic amide) rings is 1. The summed E-state index contributed by atoms with van der Waals surface area (Å²) in [5.74, 6) is -1.10. The van der Waals surface area contributed by atoms with Gasteiger partial charge in [0.2, 0.25) is 0 Å². The fourth-order valence-electron chi connectivity index (χ4n) is 2.94. The van der Waals surface area contributed by atoms with E-state index < -0.39 is 17.7 Å². The predicted octanol–water partition coefficient (Wildman–Crippen LogP) is 0.180. The minimum absolute atomic E-state index is 0.00278. The molecule has 0 aliphatic carbocycles. The molecule has 2 aromatic rings. The van der Waals surface area contributed by atoms with Crippen LogP contribution in [0.15, 0.2) is 47.7 Å². The molecule has 2 aliphatic heterocycles. The van der Waals surface area contributed by atoms with E-state index in [1.54, 1.807) is 16.7 Å². The molecule has 138 valence electrons. The van der Waals surface area contributed by atoms with Gasteiger partial charge in [-0.05, 0) is 0 Å². The molecule has 2 atom stereocenters. The van der Waals surface area contributed by atoms with Crippen LogP contribution in [0.1, 0.15) is 10.5 Å². The summed E-state index contributed by atoms with van der Waals surface area (Å²) in [4.78, 5) is 42.0. The van der Waals surface area contributed by atoms with Crippen LogP contribution in [0.5, 0.6) is 0 Å². The minimum Gasteiger partial charge on any atom is -0.375 e. The molecule has 2 amide bonds. The number of amides is 2. The van der Waals surface area contributed by atoms with Gasteiger partial charge in [-0.15, -0.1) is 23.1 Å². The average molecular weight is 402 g/mol. The van der Waals surface area contributed by atoms with Crippen molar-refractivity contribution in [2.75, 3.05) is 11.5 Å². The molecule has 3 N–H and O–H groups in total. The summed E-state index contributed by atoms with van der Waals surface area (Å²) in [5.41, 5.74) is 6.59. The van der Waals surface area contributed by atoms with Gasteiger partial charge in [0.1, 0.15) is 17.1 Å². The normalized spacial score (nSPS) is 21.1. The number of fused-ring (bicyclic) bond motifs is 1. The van der Waals surface area contributed by atoms with Crippen molar-refractivity contribution in [2.45, 2.75) is 18.0 Å². The maximum atomic E-state index is 12.4. The first kappa shape index (κ1) is 17.7. The maximum Gasteiger partial charge on any atom is 0.294 e. The van der Waals surface area contributed by atoms with Crippen LogP contribution in [0.25, 0.3) is 0 Å². The van der Waals surface area contributed by atoms with Crippen molar-refractivity contribution in [3.05, 3.63) is 53.4 Å². The van der Waals surface area contributed by atoms with Gasteiger partial charge in [0.15, 0.2) is 24.1 Å². The molecule has 2 aromatic heterocycles. The predicted molar refractivity (Wildman–Crippen MR) is 101 cm³/mol. The number of rotatable bonds is 5. The Kier molecular flexibility index (Phi) is 4.66. The number of nitrogens with zero attached hydrogens (tertiary/aromatic N) is 3. The standard InChI is InChI=1S/C17H15N5O3S2/c18-17-19-11(9-27-17)13(23)14(24)20-12-15(25)22-7-10(8-26-16(12)22)6-21-4-2-1-3-5-21/h1-5,7,9,12,16H,6,8H2,(H2-,18,19,20,24)/p+1/t12?,16-/m0/s1. The summed E-state index contributed by atoms with van der Waals surface area (Å²) in [7, 11) is 0. The molecule has 10 heteroatoms. The molecule has 0 aromatic carbocycles. The molecule has 8 nitrogen and oxygen atoms in total. The molecule has 2 aliphatic rings. The number of nitrogens with one attached hydrogen (secondary N) is 1. The number of hydrogen-bond donors (Lipinski definition) is 2. The molecule has 4 rings (SSSR count). The average Bonchev–Trinajstić information content (AvgIpc) is 3.12. The third kappa shape index (κ3) is 3.45. The summed E-state index contributed by atoms with van der Waals surface area (Å²) in [6.45, 7) is 0.700. The zero-order valence-electron chi connectivity index (χ0n) is 14.1. The monoisotopic (exact) mass is 402 g/mol. The van der Waals surface area contributed by atoms with E-state index in [9.17, 15) is 14.4 Å². The van der Waals surface area contributed by atoms with Crippen LogP contribution in [0.3, 0.4) is 0 Å². The van der Waals surface area contributed by atoms with Crippen LogP contribution in [-0.4, -0.2) is 44.7 Å². The number of thioether (sulfide) groups is 1. The lowest BCUT2D eigenvalue weighted by atomic mass is 10.1. The SMILES string of the molecule is Nc1nc(C(=O)C(=O)NC2C(=O)N3C=C(C[n+]4ccccc4)CS[C@@H]23)cs1. The van der Waals surface area contributed by atoms with Crippen LogP contribution < -0.4 is 15.6 Å². The molecule has 0 spiro atoms. The van der Waals surface area contributed by atoms with E-state index in [0.717, 1.165) is 22.7 Å². The van der Waals surface area contributed by atoms with Gasteiger partial charge in [0.05, 0.1) is 0 Å². The fraction of sp³-hybridized carbons (Fsp3) is 0.235. The summed E-state index contributed by atoms with van der Waals surface area (Å²) >= 11 is 2.65. The van der Waals surface area contributed by atoms with Crippen molar-refractivity contribution in [2.24, 2.45) is 0 Å². The first-order valence-electron chi connectivity index (χ1n) is 8.16. The topological polar surface area (TPSA) is 109 Å². The van der Waals surface area contributed by atoms with E-state index in [2.05, 4.69) is 10.3 Å². The number of nitrogens with two attached hydrogens (primary N) is 1.